The number of carbonyl (C=O) groups excluding carboxylic acids is 1. The van der Waals surface area contributed by atoms with E-state index in [-0.39, 0.29) is 11.3 Å². The smallest absolute Gasteiger partial charge is 0.250 e. The maximum Gasteiger partial charge on any atom is 0.250 e. The normalized spacial score (nSPS) is 28.4. The molecule has 134 valence electrons. The Morgan fingerprint density at radius 2 is 1.80 bits per heavy atom. The first-order valence-corrected chi connectivity index (χ1v) is 9.84. The molecular weight excluding hydrogens is 332 g/mol. The molecule has 3 nitrogen and oxygen atoms in total. The highest BCUT2D eigenvalue weighted by Crippen LogP contribution is 2.44. The summed E-state index contributed by atoms with van der Waals surface area (Å²) in [4.78, 5) is 15.7. The predicted octanol–water partition coefficient (Wildman–Crippen LogP) is 4.27. The van der Waals surface area contributed by atoms with Gasteiger partial charge in [0.25, 0.3) is 5.91 Å². The average molecular weight is 359 g/mol. The molecule has 1 N–H and O–H groups in total. The molecule has 4 rings (SSSR count). The number of carbonyl (C=O) groups is 1. The van der Waals surface area contributed by atoms with E-state index in [1.807, 2.05) is 12.1 Å². The van der Waals surface area contributed by atoms with Crippen molar-refractivity contribution in [1.29, 1.82) is 0 Å². The highest BCUT2D eigenvalue weighted by atomic mass is 35.5. The molecule has 2 atom stereocenters. The summed E-state index contributed by atoms with van der Waals surface area (Å²) < 4.78 is 0. The van der Waals surface area contributed by atoms with Crippen LogP contribution in [-0.4, -0.2) is 36.0 Å². The molecule has 1 aliphatic carbocycles. The van der Waals surface area contributed by atoms with Crippen molar-refractivity contribution in [1.82, 2.24) is 10.2 Å². The Balaban J connectivity index is 1.72. The number of allylic oxidation sites excluding steroid dienone is 1. The Morgan fingerprint density at radius 3 is 2.44 bits per heavy atom. The van der Waals surface area contributed by atoms with Gasteiger partial charge in [-0.2, -0.15) is 0 Å². The van der Waals surface area contributed by atoms with Gasteiger partial charge in [0.2, 0.25) is 0 Å². The summed E-state index contributed by atoms with van der Waals surface area (Å²) in [5, 5.41) is 4.22. The van der Waals surface area contributed by atoms with Crippen molar-refractivity contribution in [3.63, 3.8) is 0 Å². The van der Waals surface area contributed by atoms with E-state index < -0.39 is 0 Å². The van der Waals surface area contributed by atoms with Crippen LogP contribution in [0.1, 0.15) is 51.5 Å². The molecule has 4 heteroatoms. The highest BCUT2D eigenvalue weighted by molar-refractivity contribution is 6.30. The molecule has 0 spiro atoms. The number of rotatable bonds is 2. The lowest BCUT2D eigenvalue weighted by atomic mass is 9.72. The zero-order chi connectivity index (χ0) is 17.6. The second kappa shape index (κ2) is 6.44. The van der Waals surface area contributed by atoms with Crippen molar-refractivity contribution in [3.8, 4) is 0 Å². The van der Waals surface area contributed by atoms with Crippen LogP contribution in [0.4, 0.5) is 0 Å². The van der Waals surface area contributed by atoms with Crippen LogP contribution in [0.2, 0.25) is 5.02 Å². The van der Waals surface area contributed by atoms with E-state index in [4.69, 9.17) is 11.6 Å². The molecule has 0 saturated carbocycles. The van der Waals surface area contributed by atoms with E-state index in [1.54, 1.807) is 0 Å². The van der Waals surface area contributed by atoms with Crippen molar-refractivity contribution >= 4 is 23.1 Å². The standard InChI is InChI=1S/C21H27ClN2O/c1-21(2)10-9-18(19(11-21)14-3-5-15(22)6-4-14)20(25)24-16-7-8-17(24)13-23-12-16/h3-6,16-17,23H,7-13H2,1-2H3. The van der Waals surface area contributed by atoms with E-state index in [2.05, 4.69) is 36.2 Å². The lowest BCUT2D eigenvalue weighted by Crippen LogP contribution is -2.54. The highest BCUT2D eigenvalue weighted by Gasteiger charge is 2.42. The molecule has 2 unspecified atom stereocenters. The van der Waals surface area contributed by atoms with Gasteiger partial charge >= 0.3 is 0 Å². The number of hydrogen-bond donors (Lipinski definition) is 1. The summed E-state index contributed by atoms with van der Waals surface area (Å²) in [6.07, 6.45) is 5.19. The minimum absolute atomic E-state index is 0.237. The zero-order valence-corrected chi connectivity index (χ0v) is 15.9. The number of halogens is 1. The predicted molar refractivity (Wildman–Crippen MR) is 103 cm³/mol. The molecule has 1 aromatic rings. The molecular formula is C21H27ClN2O. The average Bonchev–Trinajstić information content (AvgIpc) is 2.83. The number of hydrogen-bond acceptors (Lipinski definition) is 2. The monoisotopic (exact) mass is 358 g/mol. The van der Waals surface area contributed by atoms with Gasteiger partial charge in [-0.3, -0.25) is 4.79 Å². The third kappa shape index (κ3) is 3.24. The fourth-order valence-electron chi connectivity index (χ4n) is 4.72. The molecule has 25 heavy (non-hydrogen) atoms. The van der Waals surface area contributed by atoms with Crippen molar-refractivity contribution in [3.05, 3.63) is 40.4 Å². The Bertz CT molecular complexity index is 691. The van der Waals surface area contributed by atoms with Gasteiger partial charge in [0.1, 0.15) is 0 Å². The van der Waals surface area contributed by atoms with Crippen LogP contribution in [0.15, 0.2) is 29.8 Å². The molecule has 0 radical (unpaired) electrons. The van der Waals surface area contributed by atoms with Crippen LogP contribution in [0, 0.1) is 5.41 Å². The Morgan fingerprint density at radius 1 is 1.16 bits per heavy atom. The van der Waals surface area contributed by atoms with Gasteiger partial charge in [0.15, 0.2) is 0 Å². The first-order chi connectivity index (χ1) is 11.9. The SMILES string of the molecule is CC1(C)CCC(C(=O)N2C3CCC2CNC3)=C(c2ccc(Cl)cc2)C1. The third-order valence-corrected chi connectivity index (χ3v) is 6.39. The van der Waals surface area contributed by atoms with Crippen LogP contribution in [0.3, 0.4) is 0 Å². The second-order valence-corrected chi connectivity index (χ2v) is 9.00. The number of piperazine rings is 1. The molecule has 3 aliphatic rings. The molecule has 2 bridgehead atoms. The van der Waals surface area contributed by atoms with Crippen LogP contribution in [0.5, 0.6) is 0 Å². The Labute approximate surface area is 155 Å². The third-order valence-electron chi connectivity index (χ3n) is 6.14. The first-order valence-electron chi connectivity index (χ1n) is 9.46. The summed E-state index contributed by atoms with van der Waals surface area (Å²) in [5.41, 5.74) is 3.67. The van der Waals surface area contributed by atoms with Crippen molar-refractivity contribution in [2.75, 3.05) is 13.1 Å². The van der Waals surface area contributed by atoms with E-state index in [0.717, 1.165) is 61.4 Å². The fraction of sp³-hybridized carbons (Fsp3) is 0.571. The fourth-order valence-corrected chi connectivity index (χ4v) is 4.84. The number of benzene rings is 1. The van der Waals surface area contributed by atoms with Gasteiger partial charge in [-0.05, 0) is 60.8 Å². The lowest BCUT2D eigenvalue weighted by Gasteiger charge is -2.39. The van der Waals surface area contributed by atoms with E-state index in [0.29, 0.717) is 12.1 Å². The van der Waals surface area contributed by atoms with Crippen LogP contribution < -0.4 is 5.32 Å². The van der Waals surface area contributed by atoms with Crippen LogP contribution in [-0.2, 0) is 4.79 Å². The topological polar surface area (TPSA) is 32.3 Å². The van der Waals surface area contributed by atoms with Gasteiger partial charge in [-0.1, -0.05) is 37.6 Å². The maximum absolute atomic E-state index is 13.5. The summed E-state index contributed by atoms with van der Waals surface area (Å²) in [6, 6.07) is 8.75. The molecule has 2 fully saturated rings. The quantitative estimate of drug-likeness (QED) is 0.856. The largest absolute Gasteiger partial charge is 0.330 e. The van der Waals surface area contributed by atoms with Gasteiger partial charge in [-0.25, -0.2) is 0 Å². The number of nitrogens with one attached hydrogen (secondary N) is 1. The summed E-state index contributed by atoms with van der Waals surface area (Å²) in [6.45, 7) is 6.49. The summed E-state index contributed by atoms with van der Waals surface area (Å²) in [7, 11) is 0. The Hall–Kier alpha value is -1.32. The van der Waals surface area contributed by atoms with E-state index >= 15 is 0 Å². The van der Waals surface area contributed by atoms with Crippen molar-refractivity contribution in [2.45, 2.75) is 58.0 Å². The molecule has 1 aromatic carbocycles. The first kappa shape index (κ1) is 17.1. The van der Waals surface area contributed by atoms with Crippen molar-refractivity contribution in [2.24, 2.45) is 5.41 Å². The maximum atomic E-state index is 13.5. The Kier molecular flexibility index (Phi) is 4.41. The summed E-state index contributed by atoms with van der Waals surface area (Å²) in [5.74, 6) is 0.287. The number of nitrogens with zero attached hydrogens (tertiary/aromatic N) is 1. The molecule has 2 heterocycles. The van der Waals surface area contributed by atoms with Gasteiger partial charge < -0.3 is 10.2 Å². The second-order valence-electron chi connectivity index (χ2n) is 8.56. The molecule has 1 amide bonds. The van der Waals surface area contributed by atoms with Crippen molar-refractivity contribution < 1.29 is 4.79 Å². The zero-order valence-electron chi connectivity index (χ0n) is 15.1. The summed E-state index contributed by atoms with van der Waals surface area (Å²) >= 11 is 6.08. The minimum atomic E-state index is 0.237. The lowest BCUT2D eigenvalue weighted by molar-refractivity contribution is -0.131. The van der Waals surface area contributed by atoms with E-state index in [9.17, 15) is 4.79 Å². The van der Waals surface area contributed by atoms with Gasteiger partial charge in [0.05, 0.1) is 0 Å². The number of amides is 1. The number of fused-ring (bicyclic) bond motifs is 2. The minimum Gasteiger partial charge on any atom is -0.330 e. The van der Waals surface area contributed by atoms with Crippen LogP contribution in [0.25, 0.3) is 5.57 Å². The van der Waals surface area contributed by atoms with Gasteiger partial charge in [-0.15, -0.1) is 0 Å². The molecule has 0 aromatic heterocycles. The molecule has 2 saturated heterocycles. The van der Waals surface area contributed by atoms with Gasteiger partial charge in [0, 0.05) is 35.8 Å². The molecule has 2 aliphatic heterocycles. The van der Waals surface area contributed by atoms with Crippen LogP contribution >= 0.6 is 11.6 Å². The van der Waals surface area contributed by atoms with E-state index in [1.165, 1.54) is 5.57 Å².